The summed E-state index contributed by atoms with van der Waals surface area (Å²) in [5.74, 6) is 1.16. The van der Waals surface area contributed by atoms with E-state index >= 15 is 0 Å². The number of hydrogen-bond acceptors (Lipinski definition) is 4. The van der Waals surface area contributed by atoms with Crippen LogP contribution in [0.25, 0.3) is 0 Å². The van der Waals surface area contributed by atoms with Crippen LogP contribution in [-0.2, 0) is 0 Å². The standard InChI is InChI=1S/C18H20N2O3/c1-4-23-16-10-8-14(9-11-16)13(2)19-20-18(21)15-6-5-7-17(12-15)22-3/h5-12H,4H2,1-3H3,(H,20,21)/b19-13+. The molecule has 5 heteroatoms. The Morgan fingerprint density at radius 1 is 1.09 bits per heavy atom. The number of amides is 1. The van der Waals surface area contributed by atoms with Crippen molar-refractivity contribution in [1.29, 1.82) is 0 Å². The van der Waals surface area contributed by atoms with Crippen molar-refractivity contribution in [3.8, 4) is 11.5 Å². The third-order valence-electron chi connectivity index (χ3n) is 3.24. The van der Waals surface area contributed by atoms with Gasteiger partial charge in [-0.1, -0.05) is 6.07 Å². The van der Waals surface area contributed by atoms with Gasteiger partial charge in [0.15, 0.2) is 0 Å². The zero-order chi connectivity index (χ0) is 16.7. The molecule has 0 aliphatic heterocycles. The third kappa shape index (κ3) is 4.57. The Bertz CT molecular complexity index is 694. The summed E-state index contributed by atoms with van der Waals surface area (Å²) in [6, 6.07) is 14.5. The molecule has 0 atom stereocenters. The van der Waals surface area contributed by atoms with E-state index in [4.69, 9.17) is 9.47 Å². The molecule has 0 saturated heterocycles. The van der Waals surface area contributed by atoms with E-state index in [1.807, 2.05) is 38.1 Å². The predicted molar refractivity (Wildman–Crippen MR) is 90.3 cm³/mol. The molecule has 0 aromatic heterocycles. The summed E-state index contributed by atoms with van der Waals surface area (Å²) >= 11 is 0. The molecule has 0 radical (unpaired) electrons. The molecule has 0 fully saturated rings. The van der Waals surface area contributed by atoms with Gasteiger partial charge in [-0.3, -0.25) is 4.79 Å². The Morgan fingerprint density at radius 2 is 1.83 bits per heavy atom. The van der Waals surface area contributed by atoms with Crippen molar-refractivity contribution in [2.75, 3.05) is 13.7 Å². The lowest BCUT2D eigenvalue weighted by Gasteiger charge is -2.06. The zero-order valence-electron chi connectivity index (χ0n) is 13.5. The van der Waals surface area contributed by atoms with Gasteiger partial charge >= 0.3 is 0 Å². The smallest absolute Gasteiger partial charge is 0.271 e. The van der Waals surface area contributed by atoms with Gasteiger partial charge in [0, 0.05) is 5.56 Å². The molecule has 0 heterocycles. The first-order valence-electron chi connectivity index (χ1n) is 7.36. The second-order valence-electron chi connectivity index (χ2n) is 4.83. The molecule has 1 N–H and O–H groups in total. The first-order valence-corrected chi connectivity index (χ1v) is 7.36. The first kappa shape index (κ1) is 16.5. The maximum Gasteiger partial charge on any atom is 0.271 e. The number of benzene rings is 2. The maximum atomic E-state index is 12.1. The van der Waals surface area contributed by atoms with Gasteiger partial charge in [0.1, 0.15) is 11.5 Å². The van der Waals surface area contributed by atoms with E-state index in [0.29, 0.717) is 23.6 Å². The summed E-state index contributed by atoms with van der Waals surface area (Å²) in [6.45, 7) is 4.40. The van der Waals surface area contributed by atoms with E-state index in [9.17, 15) is 4.79 Å². The Labute approximate surface area is 135 Å². The van der Waals surface area contributed by atoms with Crippen LogP contribution in [0.1, 0.15) is 29.8 Å². The Hall–Kier alpha value is -2.82. The van der Waals surface area contributed by atoms with Crippen LogP contribution in [0.15, 0.2) is 53.6 Å². The molecule has 0 aliphatic rings. The van der Waals surface area contributed by atoms with Crippen LogP contribution >= 0.6 is 0 Å². The summed E-state index contributed by atoms with van der Waals surface area (Å²) in [7, 11) is 1.56. The molecule has 0 bridgehead atoms. The van der Waals surface area contributed by atoms with E-state index in [2.05, 4.69) is 10.5 Å². The predicted octanol–water partition coefficient (Wildman–Crippen LogP) is 3.25. The van der Waals surface area contributed by atoms with Crippen molar-refractivity contribution in [2.24, 2.45) is 5.10 Å². The highest BCUT2D eigenvalue weighted by Gasteiger charge is 2.06. The lowest BCUT2D eigenvalue weighted by molar-refractivity contribution is 0.0954. The minimum absolute atomic E-state index is 0.283. The van der Waals surface area contributed by atoms with Gasteiger partial charge in [0.2, 0.25) is 0 Å². The molecule has 120 valence electrons. The summed E-state index contributed by atoms with van der Waals surface area (Å²) < 4.78 is 10.5. The van der Waals surface area contributed by atoms with Crippen molar-refractivity contribution in [3.63, 3.8) is 0 Å². The molecular formula is C18H20N2O3. The van der Waals surface area contributed by atoms with E-state index in [1.54, 1.807) is 31.4 Å². The number of nitrogens with one attached hydrogen (secondary N) is 1. The molecule has 0 spiro atoms. The number of carbonyl (C=O) groups is 1. The van der Waals surface area contributed by atoms with Crippen molar-refractivity contribution in [1.82, 2.24) is 5.43 Å². The monoisotopic (exact) mass is 312 g/mol. The van der Waals surface area contributed by atoms with Crippen molar-refractivity contribution < 1.29 is 14.3 Å². The number of hydrogen-bond donors (Lipinski definition) is 1. The van der Waals surface area contributed by atoms with Crippen molar-refractivity contribution in [2.45, 2.75) is 13.8 Å². The summed E-state index contributed by atoms with van der Waals surface area (Å²) in [5, 5.41) is 4.14. The highest BCUT2D eigenvalue weighted by atomic mass is 16.5. The largest absolute Gasteiger partial charge is 0.497 e. The second-order valence-corrected chi connectivity index (χ2v) is 4.83. The normalized spacial score (nSPS) is 11.0. The molecule has 23 heavy (non-hydrogen) atoms. The number of carbonyl (C=O) groups excluding carboxylic acids is 1. The molecule has 2 rings (SSSR count). The molecule has 1 amide bonds. The summed E-state index contributed by atoms with van der Waals surface area (Å²) in [4.78, 5) is 12.1. The minimum atomic E-state index is -0.283. The van der Waals surface area contributed by atoms with Crippen LogP contribution in [0.3, 0.4) is 0 Å². The maximum absolute atomic E-state index is 12.1. The Kier molecular flexibility index (Phi) is 5.74. The van der Waals surface area contributed by atoms with Gasteiger partial charge in [-0.15, -0.1) is 0 Å². The highest BCUT2D eigenvalue weighted by molar-refractivity contribution is 6.01. The number of hydrazone groups is 1. The molecule has 5 nitrogen and oxygen atoms in total. The molecule has 0 unspecified atom stereocenters. The van der Waals surface area contributed by atoms with E-state index in [-0.39, 0.29) is 5.91 Å². The SMILES string of the molecule is CCOc1ccc(/C(C)=N/NC(=O)c2cccc(OC)c2)cc1. The topological polar surface area (TPSA) is 59.9 Å². The number of nitrogens with zero attached hydrogens (tertiary/aromatic N) is 1. The first-order chi connectivity index (χ1) is 11.1. The zero-order valence-corrected chi connectivity index (χ0v) is 13.5. The van der Waals surface area contributed by atoms with Crippen molar-refractivity contribution in [3.05, 3.63) is 59.7 Å². The quantitative estimate of drug-likeness (QED) is 0.658. The average molecular weight is 312 g/mol. The fourth-order valence-electron chi connectivity index (χ4n) is 1.99. The number of methoxy groups -OCH3 is 1. The Balaban J connectivity index is 2.04. The van der Waals surface area contributed by atoms with Gasteiger partial charge in [-0.25, -0.2) is 5.43 Å². The molecule has 2 aromatic carbocycles. The Morgan fingerprint density at radius 3 is 2.48 bits per heavy atom. The van der Waals surface area contributed by atoms with Gasteiger partial charge in [0.05, 0.1) is 19.4 Å². The van der Waals surface area contributed by atoms with E-state index < -0.39 is 0 Å². The third-order valence-corrected chi connectivity index (χ3v) is 3.24. The second kappa shape index (κ2) is 7.98. The fourth-order valence-corrected chi connectivity index (χ4v) is 1.99. The van der Waals surface area contributed by atoms with Gasteiger partial charge in [0.25, 0.3) is 5.91 Å². The number of rotatable bonds is 6. The van der Waals surface area contributed by atoms with Crippen LogP contribution in [-0.4, -0.2) is 25.3 Å². The summed E-state index contributed by atoms with van der Waals surface area (Å²) in [5.41, 5.74) is 4.67. The van der Waals surface area contributed by atoms with Crippen LogP contribution in [0.4, 0.5) is 0 Å². The van der Waals surface area contributed by atoms with Crippen molar-refractivity contribution >= 4 is 11.6 Å². The molecule has 0 saturated carbocycles. The van der Waals surface area contributed by atoms with Crippen LogP contribution < -0.4 is 14.9 Å². The van der Waals surface area contributed by atoms with Gasteiger partial charge in [-0.2, -0.15) is 5.10 Å². The highest BCUT2D eigenvalue weighted by Crippen LogP contribution is 2.14. The van der Waals surface area contributed by atoms with Crippen LogP contribution in [0, 0.1) is 0 Å². The van der Waals surface area contributed by atoms with Crippen LogP contribution in [0.5, 0.6) is 11.5 Å². The van der Waals surface area contributed by atoms with Crippen LogP contribution in [0.2, 0.25) is 0 Å². The molecule has 0 aliphatic carbocycles. The lowest BCUT2D eigenvalue weighted by atomic mass is 10.1. The lowest BCUT2D eigenvalue weighted by Crippen LogP contribution is -2.19. The molecule has 2 aromatic rings. The average Bonchev–Trinajstić information content (AvgIpc) is 2.60. The fraction of sp³-hybridized carbons (Fsp3) is 0.222. The minimum Gasteiger partial charge on any atom is -0.497 e. The molecular weight excluding hydrogens is 292 g/mol. The van der Waals surface area contributed by atoms with Gasteiger partial charge in [-0.05, 0) is 61.9 Å². The van der Waals surface area contributed by atoms with E-state index in [1.165, 1.54) is 0 Å². The summed E-state index contributed by atoms with van der Waals surface area (Å²) in [6.07, 6.45) is 0. The number of ether oxygens (including phenoxy) is 2. The van der Waals surface area contributed by atoms with E-state index in [0.717, 1.165) is 11.3 Å². The van der Waals surface area contributed by atoms with Gasteiger partial charge < -0.3 is 9.47 Å².